The molecule has 2 rings (SSSR count). The molecule has 0 fully saturated rings. The number of pyridine rings is 1. The lowest BCUT2D eigenvalue weighted by molar-refractivity contribution is 0.112. The molecule has 0 saturated heterocycles. The normalized spacial score (nSPS) is 10.0. The number of hydrogen-bond donors (Lipinski definition) is 1. The number of aromatic nitrogens is 1. The number of hydrogen-bond acceptors (Lipinski definition) is 4. The maximum atomic E-state index is 10.9. The van der Waals surface area contributed by atoms with Crippen LogP contribution in [0.1, 0.15) is 21.5 Å². The smallest absolute Gasteiger partial charge is 0.150 e. The Morgan fingerprint density at radius 1 is 1.26 bits per heavy atom. The Kier molecular flexibility index (Phi) is 4.13. The van der Waals surface area contributed by atoms with Gasteiger partial charge in [0.2, 0.25) is 0 Å². The highest BCUT2D eigenvalue weighted by atomic mass is 16.5. The quantitative estimate of drug-likeness (QED) is 0.836. The molecular weight excluding hydrogens is 240 g/mol. The third-order valence-corrected chi connectivity index (χ3v) is 2.99. The predicted molar refractivity (Wildman–Crippen MR) is 74.7 cm³/mol. The fourth-order valence-electron chi connectivity index (χ4n) is 1.79. The monoisotopic (exact) mass is 256 g/mol. The van der Waals surface area contributed by atoms with Gasteiger partial charge in [0.15, 0.2) is 6.29 Å². The maximum absolute atomic E-state index is 10.9. The van der Waals surface area contributed by atoms with Crippen LogP contribution < -0.4 is 10.1 Å². The van der Waals surface area contributed by atoms with Crippen LogP contribution in [0.5, 0.6) is 5.75 Å². The molecule has 0 radical (unpaired) electrons. The second kappa shape index (κ2) is 6.00. The first-order chi connectivity index (χ1) is 9.24. The van der Waals surface area contributed by atoms with Crippen molar-refractivity contribution in [1.82, 2.24) is 4.98 Å². The highest BCUT2D eigenvalue weighted by molar-refractivity contribution is 5.79. The molecule has 0 aliphatic heterocycles. The minimum absolute atomic E-state index is 0.653. The Hall–Kier alpha value is -2.36. The van der Waals surface area contributed by atoms with Gasteiger partial charge in [0, 0.05) is 23.9 Å². The van der Waals surface area contributed by atoms with E-state index in [9.17, 15) is 4.79 Å². The van der Waals surface area contributed by atoms with Crippen molar-refractivity contribution in [3.63, 3.8) is 0 Å². The highest BCUT2D eigenvalue weighted by Gasteiger charge is 2.04. The molecule has 1 heterocycles. The van der Waals surface area contributed by atoms with E-state index < -0.39 is 0 Å². The van der Waals surface area contributed by atoms with E-state index >= 15 is 0 Å². The molecule has 0 bridgehead atoms. The minimum Gasteiger partial charge on any atom is -0.497 e. The zero-order valence-electron chi connectivity index (χ0n) is 11.0. The van der Waals surface area contributed by atoms with Gasteiger partial charge in [-0.15, -0.1) is 0 Å². The molecule has 0 aliphatic rings. The van der Waals surface area contributed by atoms with Gasteiger partial charge in [0.05, 0.1) is 7.11 Å². The predicted octanol–water partition coefficient (Wildman–Crippen LogP) is 2.82. The molecule has 0 unspecified atom stereocenters. The van der Waals surface area contributed by atoms with E-state index in [1.165, 1.54) is 0 Å². The molecule has 4 nitrogen and oxygen atoms in total. The fraction of sp³-hybridized carbons (Fsp3) is 0.200. The van der Waals surface area contributed by atoms with E-state index in [0.717, 1.165) is 29.0 Å². The topological polar surface area (TPSA) is 51.2 Å². The summed E-state index contributed by atoms with van der Waals surface area (Å²) in [6.07, 6.45) is 2.47. The van der Waals surface area contributed by atoms with Gasteiger partial charge in [-0.05, 0) is 30.7 Å². The molecule has 0 saturated carbocycles. The number of nitrogens with one attached hydrogen (secondary N) is 1. The third kappa shape index (κ3) is 3.10. The second-order valence-corrected chi connectivity index (χ2v) is 4.19. The first kappa shape index (κ1) is 13.1. The fourth-order valence-corrected chi connectivity index (χ4v) is 1.79. The molecule has 1 aromatic heterocycles. The number of benzene rings is 1. The number of aldehydes is 1. The Morgan fingerprint density at radius 2 is 2.00 bits per heavy atom. The summed E-state index contributed by atoms with van der Waals surface area (Å²) in [7, 11) is 1.64. The van der Waals surface area contributed by atoms with Gasteiger partial charge in [-0.2, -0.15) is 0 Å². The van der Waals surface area contributed by atoms with Crippen LogP contribution in [0, 0.1) is 6.92 Å². The van der Waals surface area contributed by atoms with Crippen LogP contribution in [0.4, 0.5) is 5.82 Å². The van der Waals surface area contributed by atoms with Crippen molar-refractivity contribution in [1.29, 1.82) is 0 Å². The number of nitrogens with zero attached hydrogens (tertiary/aromatic N) is 1. The Bertz CT molecular complexity index is 565. The van der Waals surface area contributed by atoms with Crippen LogP contribution in [0.25, 0.3) is 0 Å². The summed E-state index contributed by atoms with van der Waals surface area (Å²) < 4.78 is 5.11. The number of anilines is 1. The minimum atomic E-state index is 0.653. The van der Waals surface area contributed by atoms with Crippen molar-refractivity contribution in [2.24, 2.45) is 0 Å². The number of carbonyl (C=O) groups excluding carboxylic acids is 1. The average Bonchev–Trinajstić information content (AvgIpc) is 2.47. The van der Waals surface area contributed by atoms with E-state index in [4.69, 9.17) is 4.74 Å². The summed E-state index contributed by atoms with van der Waals surface area (Å²) in [4.78, 5) is 15.1. The van der Waals surface area contributed by atoms with Crippen molar-refractivity contribution >= 4 is 12.1 Å². The lowest BCUT2D eigenvalue weighted by Gasteiger charge is -2.10. The van der Waals surface area contributed by atoms with Crippen LogP contribution in [0.15, 0.2) is 36.5 Å². The van der Waals surface area contributed by atoms with Gasteiger partial charge in [-0.1, -0.05) is 12.1 Å². The zero-order valence-corrected chi connectivity index (χ0v) is 11.0. The molecule has 0 atom stereocenters. The average molecular weight is 256 g/mol. The Morgan fingerprint density at radius 3 is 2.63 bits per heavy atom. The van der Waals surface area contributed by atoms with E-state index in [2.05, 4.69) is 10.3 Å². The molecule has 2 aromatic rings. The lowest BCUT2D eigenvalue weighted by Crippen LogP contribution is -2.04. The van der Waals surface area contributed by atoms with Gasteiger partial charge < -0.3 is 10.1 Å². The van der Waals surface area contributed by atoms with Crippen molar-refractivity contribution < 1.29 is 9.53 Å². The van der Waals surface area contributed by atoms with Crippen LogP contribution in [-0.4, -0.2) is 18.4 Å². The standard InChI is InChI=1S/C15H16N2O2/c1-11-13(10-18)7-8-16-15(11)17-9-12-3-5-14(19-2)6-4-12/h3-8,10H,9H2,1-2H3,(H,16,17). The Balaban J connectivity index is 2.07. The van der Waals surface area contributed by atoms with Crippen molar-refractivity contribution in [3.8, 4) is 5.75 Å². The molecular formula is C15H16N2O2. The summed E-state index contributed by atoms with van der Waals surface area (Å²) >= 11 is 0. The van der Waals surface area contributed by atoms with E-state index in [-0.39, 0.29) is 0 Å². The number of rotatable bonds is 5. The third-order valence-electron chi connectivity index (χ3n) is 2.99. The summed E-state index contributed by atoms with van der Waals surface area (Å²) in [5.74, 6) is 1.57. The summed E-state index contributed by atoms with van der Waals surface area (Å²) in [6, 6.07) is 9.52. The maximum Gasteiger partial charge on any atom is 0.150 e. The van der Waals surface area contributed by atoms with E-state index in [0.29, 0.717) is 12.1 Å². The van der Waals surface area contributed by atoms with Gasteiger partial charge in [-0.25, -0.2) is 4.98 Å². The largest absolute Gasteiger partial charge is 0.497 e. The summed E-state index contributed by atoms with van der Waals surface area (Å²) in [6.45, 7) is 2.53. The van der Waals surface area contributed by atoms with Crippen LogP contribution in [0.3, 0.4) is 0 Å². The molecule has 98 valence electrons. The second-order valence-electron chi connectivity index (χ2n) is 4.19. The van der Waals surface area contributed by atoms with E-state index in [1.807, 2.05) is 31.2 Å². The van der Waals surface area contributed by atoms with E-state index in [1.54, 1.807) is 19.4 Å². The van der Waals surface area contributed by atoms with Crippen molar-refractivity contribution in [3.05, 3.63) is 53.2 Å². The van der Waals surface area contributed by atoms with Gasteiger partial charge in [-0.3, -0.25) is 4.79 Å². The number of ether oxygens (including phenoxy) is 1. The molecule has 0 amide bonds. The first-order valence-corrected chi connectivity index (χ1v) is 6.02. The zero-order chi connectivity index (χ0) is 13.7. The summed E-state index contributed by atoms with van der Waals surface area (Å²) in [5.41, 5.74) is 2.65. The van der Waals surface area contributed by atoms with Crippen LogP contribution in [0.2, 0.25) is 0 Å². The molecule has 0 spiro atoms. The molecule has 19 heavy (non-hydrogen) atoms. The SMILES string of the molecule is COc1ccc(CNc2nccc(C=O)c2C)cc1. The van der Waals surface area contributed by atoms with Crippen molar-refractivity contribution in [2.75, 3.05) is 12.4 Å². The first-order valence-electron chi connectivity index (χ1n) is 6.02. The number of methoxy groups -OCH3 is 1. The highest BCUT2D eigenvalue weighted by Crippen LogP contribution is 2.16. The molecule has 4 heteroatoms. The summed E-state index contributed by atoms with van der Waals surface area (Å²) in [5, 5.41) is 3.23. The molecule has 1 N–H and O–H groups in total. The van der Waals surface area contributed by atoms with Gasteiger partial charge in [0.25, 0.3) is 0 Å². The van der Waals surface area contributed by atoms with Crippen molar-refractivity contribution in [2.45, 2.75) is 13.5 Å². The lowest BCUT2D eigenvalue weighted by atomic mass is 10.1. The Labute approximate surface area is 112 Å². The van der Waals surface area contributed by atoms with Gasteiger partial charge >= 0.3 is 0 Å². The molecule has 1 aromatic carbocycles. The van der Waals surface area contributed by atoms with Crippen LogP contribution in [-0.2, 0) is 6.54 Å². The molecule has 0 aliphatic carbocycles. The van der Waals surface area contributed by atoms with Gasteiger partial charge in [0.1, 0.15) is 11.6 Å². The number of carbonyl (C=O) groups is 1. The van der Waals surface area contributed by atoms with Crippen LogP contribution >= 0.6 is 0 Å².